The van der Waals surface area contributed by atoms with Crippen molar-refractivity contribution in [1.82, 2.24) is 4.98 Å². The molecular formula is C28H25NO2. The summed E-state index contributed by atoms with van der Waals surface area (Å²) in [5.41, 5.74) is 4.10. The number of aryl methyl sites for hydroxylation is 1. The molecule has 0 amide bonds. The van der Waals surface area contributed by atoms with Gasteiger partial charge in [-0.05, 0) is 18.6 Å². The van der Waals surface area contributed by atoms with Gasteiger partial charge in [0.2, 0.25) is 5.88 Å². The van der Waals surface area contributed by atoms with Crippen LogP contribution in [0.4, 0.5) is 0 Å². The topological polar surface area (TPSA) is 31.4 Å². The highest BCUT2D eigenvalue weighted by molar-refractivity contribution is 5.51. The van der Waals surface area contributed by atoms with Crippen molar-refractivity contribution in [2.75, 3.05) is 7.11 Å². The molecule has 0 saturated carbocycles. The van der Waals surface area contributed by atoms with Crippen LogP contribution in [0.3, 0.4) is 0 Å². The Morgan fingerprint density at radius 2 is 1.16 bits per heavy atom. The minimum absolute atomic E-state index is 0.540. The van der Waals surface area contributed by atoms with E-state index in [1.165, 1.54) is 0 Å². The van der Waals surface area contributed by atoms with Crippen molar-refractivity contribution in [3.05, 3.63) is 137 Å². The van der Waals surface area contributed by atoms with Gasteiger partial charge in [0.15, 0.2) is 5.60 Å². The van der Waals surface area contributed by atoms with E-state index >= 15 is 0 Å². The van der Waals surface area contributed by atoms with Crippen molar-refractivity contribution >= 4 is 6.08 Å². The molecule has 0 atom stereocenters. The van der Waals surface area contributed by atoms with Crippen LogP contribution in [0.5, 0.6) is 5.88 Å². The second-order valence-corrected chi connectivity index (χ2v) is 7.27. The van der Waals surface area contributed by atoms with Crippen LogP contribution in [0.1, 0.15) is 27.9 Å². The Labute approximate surface area is 183 Å². The standard InChI is InChI=1S/C28H25NO2/c1-22-18-19-27(29-26(22)20-21-30-2)31-28(23-12-6-3-7-13-23,24-14-8-4-9-15-24)25-16-10-5-11-17-25/h3-21H,1-2H3. The smallest absolute Gasteiger partial charge is 0.215 e. The first-order valence-corrected chi connectivity index (χ1v) is 10.3. The first-order valence-electron chi connectivity index (χ1n) is 10.3. The van der Waals surface area contributed by atoms with Gasteiger partial charge in [-0.15, -0.1) is 0 Å². The lowest BCUT2D eigenvalue weighted by Crippen LogP contribution is -2.36. The summed E-state index contributed by atoms with van der Waals surface area (Å²) < 4.78 is 11.9. The van der Waals surface area contributed by atoms with Gasteiger partial charge in [-0.1, -0.05) is 97.1 Å². The van der Waals surface area contributed by atoms with Crippen LogP contribution in [0.25, 0.3) is 6.08 Å². The molecule has 31 heavy (non-hydrogen) atoms. The Morgan fingerprint density at radius 3 is 1.61 bits per heavy atom. The van der Waals surface area contributed by atoms with Crippen molar-refractivity contribution in [2.45, 2.75) is 12.5 Å². The lowest BCUT2D eigenvalue weighted by Gasteiger charge is -2.36. The number of nitrogens with zero attached hydrogens (tertiary/aromatic N) is 1. The maximum absolute atomic E-state index is 6.85. The van der Waals surface area contributed by atoms with E-state index in [0.717, 1.165) is 27.9 Å². The molecule has 1 heterocycles. The summed E-state index contributed by atoms with van der Waals surface area (Å²) in [6.07, 6.45) is 3.47. The molecule has 3 heteroatoms. The highest BCUT2D eigenvalue weighted by Gasteiger charge is 2.39. The number of aromatic nitrogens is 1. The average Bonchev–Trinajstić information content (AvgIpc) is 2.84. The van der Waals surface area contributed by atoms with Crippen LogP contribution in [0, 0.1) is 6.92 Å². The largest absolute Gasteiger partial charge is 0.504 e. The number of benzene rings is 3. The quantitative estimate of drug-likeness (QED) is 0.263. The summed E-state index contributed by atoms with van der Waals surface area (Å²) in [6, 6.07) is 34.8. The summed E-state index contributed by atoms with van der Waals surface area (Å²) >= 11 is 0. The van der Waals surface area contributed by atoms with E-state index in [9.17, 15) is 0 Å². The van der Waals surface area contributed by atoms with E-state index in [-0.39, 0.29) is 0 Å². The zero-order chi connectivity index (χ0) is 21.5. The Hall–Kier alpha value is -3.85. The Bertz CT molecular complexity index is 1040. The molecule has 0 radical (unpaired) electrons. The van der Waals surface area contributed by atoms with Crippen molar-refractivity contribution < 1.29 is 9.47 Å². The fourth-order valence-electron chi connectivity index (χ4n) is 3.74. The van der Waals surface area contributed by atoms with E-state index in [2.05, 4.69) is 36.4 Å². The Balaban J connectivity index is 1.94. The van der Waals surface area contributed by atoms with Crippen LogP contribution in [-0.4, -0.2) is 12.1 Å². The zero-order valence-electron chi connectivity index (χ0n) is 17.7. The molecule has 0 aliphatic carbocycles. The number of methoxy groups -OCH3 is 1. The van der Waals surface area contributed by atoms with Gasteiger partial charge in [0.25, 0.3) is 0 Å². The van der Waals surface area contributed by atoms with Gasteiger partial charge in [-0.2, -0.15) is 0 Å². The predicted octanol–water partition coefficient (Wildman–Crippen LogP) is 6.38. The Kier molecular flexibility index (Phi) is 6.13. The highest BCUT2D eigenvalue weighted by Crippen LogP contribution is 2.40. The molecule has 0 saturated heterocycles. The molecule has 0 N–H and O–H groups in total. The molecule has 0 bridgehead atoms. The maximum Gasteiger partial charge on any atom is 0.215 e. The highest BCUT2D eigenvalue weighted by atomic mass is 16.5. The van der Waals surface area contributed by atoms with Crippen LogP contribution in [-0.2, 0) is 10.3 Å². The van der Waals surface area contributed by atoms with Gasteiger partial charge in [0, 0.05) is 22.8 Å². The first kappa shape index (κ1) is 20.4. The Morgan fingerprint density at radius 1 is 0.677 bits per heavy atom. The summed E-state index contributed by atoms with van der Waals surface area (Å²) in [7, 11) is 1.62. The van der Waals surface area contributed by atoms with Crippen LogP contribution >= 0.6 is 0 Å². The second-order valence-electron chi connectivity index (χ2n) is 7.27. The predicted molar refractivity (Wildman–Crippen MR) is 125 cm³/mol. The van der Waals surface area contributed by atoms with Crippen LogP contribution < -0.4 is 4.74 Å². The summed E-state index contributed by atoms with van der Waals surface area (Å²) in [5, 5.41) is 0. The molecule has 3 aromatic carbocycles. The lowest BCUT2D eigenvalue weighted by atomic mass is 9.80. The summed E-state index contributed by atoms with van der Waals surface area (Å²) in [6.45, 7) is 2.02. The van der Waals surface area contributed by atoms with Crippen molar-refractivity contribution in [3.8, 4) is 5.88 Å². The third-order valence-corrected chi connectivity index (χ3v) is 5.27. The van der Waals surface area contributed by atoms with E-state index in [1.54, 1.807) is 13.4 Å². The third-order valence-electron chi connectivity index (χ3n) is 5.27. The molecule has 154 valence electrons. The molecular weight excluding hydrogens is 382 g/mol. The minimum atomic E-state index is -0.853. The number of hydrogen-bond donors (Lipinski definition) is 0. The van der Waals surface area contributed by atoms with E-state index in [1.807, 2.05) is 79.7 Å². The molecule has 3 nitrogen and oxygen atoms in total. The monoisotopic (exact) mass is 407 g/mol. The molecule has 1 aromatic heterocycles. The second kappa shape index (κ2) is 9.31. The van der Waals surface area contributed by atoms with Crippen LogP contribution in [0.2, 0.25) is 0 Å². The SMILES string of the molecule is COC=Cc1nc(OC(c2ccccc2)(c2ccccc2)c2ccccc2)ccc1C. The van der Waals surface area contributed by atoms with Gasteiger partial charge < -0.3 is 9.47 Å². The fourth-order valence-corrected chi connectivity index (χ4v) is 3.74. The molecule has 0 unspecified atom stereocenters. The van der Waals surface area contributed by atoms with E-state index in [4.69, 9.17) is 14.5 Å². The molecule has 4 aromatic rings. The number of rotatable bonds is 7. The normalized spacial score (nSPS) is 11.4. The number of ether oxygens (including phenoxy) is 2. The van der Waals surface area contributed by atoms with Gasteiger partial charge in [-0.25, -0.2) is 4.98 Å². The molecule has 0 spiro atoms. The summed E-state index contributed by atoms with van der Waals surface area (Å²) in [5.74, 6) is 0.540. The molecule has 0 aliphatic heterocycles. The number of hydrogen-bond acceptors (Lipinski definition) is 3. The van der Waals surface area contributed by atoms with Crippen molar-refractivity contribution in [3.63, 3.8) is 0 Å². The van der Waals surface area contributed by atoms with Crippen molar-refractivity contribution in [1.29, 1.82) is 0 Å². The molecule has 0 aliphatic rings. The van der Waals surface area contributed by atoms with Gasteiger partial charge >= 0.3 is 0 Å². The van der Waals surface area contributed by atoms with Gasteiger partial charge in [0.05, 0.1) is 19.1 Å². The molecule has 4 rings (SSSR count). The summed E-state index contributed by atoms with van der Waals surface area (Å²) in [4.78, 5) is 4.78. The van der Waals surface area contributed by atoms with Gasteiger partial charge in [-0.3, -0.25) is 0 Å². The maximum atomic E-state index is 6.85. The fraction of sp³-hybridized carbons (Fsp3) is 0.107. The van der Waals surface area contributed by atoms with Crippen LogP contribution in [0.15, 0.2) is 109 Å². The van der Waals surface area contributed by atoms with E-state index < -0.39 is 5.60 Å². The van der Waals surface area contributed by atoms with E-state index in [0.29, 0.717) is 5.88 Å². The average molecular weight is 408 g/mol. The van der Waals surface area contributed by atoms with Gasteiger partial charge in [0.1, 0.15) is 0 Å². The lowest BCUT2D eigenvalue weighted by molar-refractivity contribution is 0.147. The number of pyridine rings is 1. The molecule has 0 fully saturated rings. The van der Waals surface area contributed by atoms with Crippen molar-refractivity contribution in [2.24, 2.45) is 0 Å². The minimum Gasteiger partial charge on any atom is -0.504 e. The first-order chi connectivity index (χ1) is 15.2. The third kappa shape index (κ3) is 4.22. The zero-order valence-corrected chi connectivity index (χ0v) is 17.7.